The van der Waals surface area contributed by atoms with E-state index in [0.29, 0.717) is 0 Å². The van der Waals surface area contributed by atoms with Gasteiger partial charge in [-0.1, -0.05) is 41.4 Å². The van der Waals surface area contributed by atoms with Gasteiger partial charge in [-0.05, 0) is 18.6 Å². The summed E-state index contributed by atoms with van der Waals surface area (Å²) in [6.07, 6.45) is 1.88. The Hall–Kier alpha value is -3.30. The van der Waals surface area contributed by atoms with Crippen LogP contribution in [0.4, 0.5) is 0 Å². The number of halogens is 2. The minimum atomic E-state index is -1.04. The number of allylic oxidation sites excluding steroid dienone is 2. The fourth-order valence-corrected chi connectivity index (χ4v) is 3.86. The summed E-state index contributed by atoms with van der Waals surface area (Å²) in [5.74, 6) is -2.95. The SMILES string of the molecule is COC(=O)[C@H](C)NC1=C(Cl)C(=O)C(N[C@@H](Cc2c[nH]c3ccccc23)C(=O)OC)=C(Cl)C1=O. The van der Waals surface area contributed by atoms with Gasteiger partial charge in [-0.3, -0.25) is 9.59 Å². The molecule has 0 saturated heterocycles. The van der Waals surface area contributed by atoms with Gasteiger partial charge in [0.1, 0.15) is 33.5 Å². The van der Waals surface area contributed by atoms with Crippen molar-refractivity contribution in [3.63, 3.8) is 0 Å². The molecular weight excluding hydrogens is 473 g/mol. The summed E-state index contributed by atoms with van der Waals surface area (Å²) in [5, 5.41) is 5.22. The largest absolute Gasteiger partial charge is 0.467 e. The maximum atomic E-state index is 12.9. The molecule has 0 saturated carbocycles. The lowest BCUT2D eigenvalue weighted by molar-refractivity contribution is -0.143. The number of ketones is 2. The van der Waals surface area contributed by atoms with Crippen molar-refractivity contribution in [1.82, 2.24) is 15.6 Å². The van der Waals surface area contributed by atoms with E-state index in [1.54, 1.807) is 6.20 Å². The van der Waals surface area contributed by atoms with Gasteiger partial charge in [0.05, 0.1) is 14.2 Å². The van der Waals surface area contributed by atoms with Gasteiger partial charge in [-0.2, -0.15) is 0 Å². The number of hydrogen-bond donors (Lipinski definition) is 3. The Morgan fingerprint density at radius 2 is 1.55 bits per heavy atom. The van der Waals surface area contributed by atoms with Crippen LogP contribution in [-0.4, -0.2) is 54.8 Å². The number of rotatable bonds is 8. The van der Waals surface area contributed by atoms with Crippen LogP contribution < -0.4 is 10.6 Å². The summed E-state index contributed by atoms with van der Waals surface area (Å²) in [6.45, 7) is 1.43. The molecule has 1 aromatic heterocycles. The number of fused-ring (bicyclic) bond motifs is 1. The van der Waals surface area contributed by atoms with Crippen molar-refractivity contribution in [2.75, 3.05) is 14.2 Å². The summed E-state index contributed by atoms with van der Waals surface area (Å²) < 4.78 is 9.47. The van der Waals surface area contributed by atoms with Gasteiger partial charge in [0.2, 0.25) is 11.6 Å². The highest BCUT2D eigenvalue weighted by molar-refractivity contribution is 6.56. The molecule has 0 bridgehead atoms. The molecule has 0 amide bonds. The van der Waals surface area contributed by atoms with Crippen LogP contribution in [0.3, 0.4) is 0 Å². The number of H-pyrrole nitrogens is 1. The van der Waals surface area contributed by atoms with Gasteiger partial charge in [-0.15, -0.1) is 0 Å². The standard InChI is InChI=1S/C22H21Cl2N3O6/c1-10(21(30)32-2)26-17-15(23)20(29)18(16(24)19(17)28)27-14(22(31)33-3)8-11-9-25-13-7-5-4-6-12(11)13/h4-7,9-10,14,25-27H,8H2,1-3H3/t10-,14-/m0/s1. The summed E-state index contributed by atoms with van der Waals surface area (Å²) in [6, 6.07) is 5.50. The average molecular weight is 494 g/mol. The van der Waals surface area contributed by atoms with Crippen molar-refractivity contribution in [3.8, 4) is 0 Å². The molecule has 0 fully saturated rings. The first-order chi connectivity index (χ1) is 15.7. The van der Waals surface area contributed by atoms with Crippen LogP contribution in [0, 0.1) is 0 Å². The number of ether oxygens (including phenoxy) is 2. The normalized spacial score (nSPS) is 16.0. The predicted octanol–water partition coefficient (Wildman–Crippen LogP) is 2.05. The van der Waals surface area contributed by atoms with E-state index >= 15 is 0 Å². The van der Waals surface area contributed by atoms with Crippen molar-refractivity contribution >= 4 is 57.6 Å². The quantitative estimate of drug-likeness (QED) is 0.376. The summed E-state index contributed by atoms with van der Waals surface area (Å²) >= 11 is 12.3. The molecule has 11 heteroatoms. The molecule has 0 spiro atoms. The Balaban J connectivity index is 1.89. The van der Waals surface area contributed by atoms with Crippen molar-refractivity contribution in [2.24, 2.45) is 0 Å². The summed E-state index contributed by atoms with van der Waals surface area (Å²) in [7, 11) is 2.39. The smallest absolute Gasteiger partial charge is 0.328 e. The molecule has 174 valence electrons. The molecule has 3 rings (SSSR count). The molecule has 0 radical (unpaired) electrons. The lowest BCUT2D eigenvalue weighted by Gasteiger charge is -2.24. The Labute approximate surface area is 199 Å². The topological polar surface area (TPSA) is 127 Å². The van der Waals surface area contributed by atoms with Crippen LogP contribution in [0.1, 0.15) is 12.5 Å². The molecule has 0 unspecified atom stereocenters. The predicted molar refractivity (Wildman–Crippen MR) is 121 cm³/mol. The first kappa shape index (κ1) is 24.3. The molecule has 1 aliphatic carbocycles. The van der Waals surface area contributed by atoms with Crippen molar-refractivity contribution < 1.29 is 28.7 Å². The number of esters is 2. The molecule has 33 heavy (non-hydrogen) atoms. The highest BCUT2D eigenvalue weighted by atomic mass is 35.5. The highest BCUT2D eigenvalue weighted by Crippen LogP contribution is 2.28. The maximum Gasteiger partial charge on any atom is 0.328 e. The third-order valence-electron chi connectivity index (χ3n) is 5.11. The van der Waals surface area contributed by atoms with Crippen molar-refractivity contribution in [2.45, 2.75) is 25.4 Å². The Morgan fingerprint density at radius 3 is 2.15 bits per heavy atom. The Morgan fingerprint density at radius 1 is 0.970 bits per heavy atom. The lowest BCUT2D eigenvalue weighted by atomic mass is 10.0. The maximum absolute atomic E-state index is 12.9. The molecule has 9 nitrogen and oxygen atoms in total. The number of aromatic amines is 1. The minimum absolute atomic E-state index is 0.137. The molecule has 2 aromatic rings. The zero-order valence-electron chi connectivity index (χ0n) is 18.0. The lowest BCUT2D eigenvalue weighted by Crippen LogP contribution is -2.45. The van der Waals surface area contributed by atoms with E-state index in [0.717, 1.165) is 16.5 Å². The number of carbonyl (C=O) groups is 4. The first-order valence-corrected chi connectivity index (χ1v) is 10.6. The van der Waals surface area contributed by atoms with E-state index in [1.807, 2.05) is 24.3 Å². The van der Waals surface area contributed by atoms with E-state index in [2.05, 4.69) is 20.4 Å². The van der Waals surface area contributed by atoms with Gasteiger partial charge in [0.25, 0.3) is 0 Å². The number of nitrogens with one attached hydrogen (secondary N) is 3. The van der Waals surface area contributed by atoms with Gasteiger partial charge in [0.15, 0.2) is 0 Å². The zero-order valence-corrected chi connectivity index (χ0v) is 19.5. The van der Waals surface area contributed by atoms with Gasteiger partial charge in [-0.25, -0.2) is 9.59 Å². The second-order valence-electron chi connectivity index (χ2n) is 7.21. The monoisotopic (exact) mass is 493 g/mol. The average Bonchev–Trinajstić information content (AvgIpc) is 3.24. The summed E-state index contributed by atoms with van der Waals surface area (Å²) in [5.41, 5.74) is 0.994. The number of para-hydroxylation sites is 1. The van der Waals surface area contributed by atoms with Crippen molar-refractivity contribution in [3.05, 3.63) is 57.5 Å². The molecule has 3 N–H and O–H groups in total. The summed E-state index contributed by atoms with van der Waals surface area (Å²) in [4.78, 5) is 53.0. The fraction of sp³-hybridized carbons (Fsp3) is 0.273. The molecule has 2 atom stereocenters. The Bertz CT molecular complexity index is 1200. The minimum Gasteiger partial charge on any atom is -0.467 e. The van der Waals surface area contributed by atoms with E-state index in [-0.39, 0.29) is 17.8 Å². The number of hydrogen-bond acceptors (Lipinski definition) is 8. The van der Waals surface area contributed by atoms with Gasteiger partial charge in [0, 0.05) is 23.5 Å². The third-order valence-corrected chi connectivity index (χ3v) is 5.83. The van der Waals surface area contributed by atoms with Gasteiger partial charge >= 0.3 is 11.9 Å². The molecule has 1 heterocycles. The van der Waals surface area contributed by atoms with Crippen LogP contribution in [0.15, 0.2) is 51.9 Å². The van der Waals surface area contributed by atoms with Crippen LogP contribution in [-0.2, 0) is 35.1 Å². The third kappa shape index (κ3) is 4.89. The van der Waals surface area contributed by atoms with E-state index in [9.17, 15) is 19.2 Å². The fourth-order valence-electron chi connectivity index (χ4n) is 3.39. The second kappa shape index (κ2) is 10.1. The molecular formula is C22H21Cl2N3O6. The van der Waals surface area contributed by atoms with Crippen LogP contribution in [0.25, 0.3) is 10.9 Å². The van der Waals surface area contributed by atoms with Crippen LogP contribution in [0.2, 0.25) is 0 Å². The molecule has 1 aliphatic rings. The number of carbonyl (C=O) groups excluding carboxylic acids is 4. The molecule has 1 aromatic carbocycles. The molecule has 0 aliphatic heterocycles. The van der Waals surface area contributed by atoms with E-state index in [4.69, 9.17) is 27.9 Å². The van der Waals surface area contributed by atoms with E-state index < -0.39 is 45.7 Å². The van der Waals surface area contributed by atoms with E-state index in [1.165, 1.54) is 21.1 Å². The number of methoxy groups -OCH3 is 2. The zero-order chi connectivity index (χ0) is 24.3. The highest BCUT2D eigenvalue weighted by Gasteiger charge is 2.37. The Kier molecular flexibility index (Phi) is 7.45. The second-order valence-corrected chi connectivity index (χ2v) is 7.97. The number of benzene rings is 1. The van der Waals surface area contributed by atoms with Crippen molar-refractivity contribution in [1.29, 1.82) is 0 Å². The van der Waals surface area contributed by atoms with Gasteiger partial charge < -0.3 is 25.1 Å². The van der Waals surface area contributed by atoms with Crippen LogP contribution in [0.5, 0.6) is 0 Å². The number of aromatic nitrogens is 1. The first-order valence-electron chi connectivity index (χ1n) is 9.82. The van der Waals surface area contributed by atoms with Crippen LogP contribution >= 0.6 is 23.2 Å². The number of Topliss-reactive ketones (excluding diaryl/α,β-unsaturated/α-hetero) is 2.